The third kappa shape index (κ3) is 5.80. The maximum atomic E-state index is 12.0. The zero-order chi connectivity index (χ0) is 19.6. The summed E-state index contributed by atoms with van der Waals surface area (Å²) in [5.41, 5.74) is -0.0798. The quantitative estimate of drug-likeness (QED) is 0.475. The summed E-state index contributed by atoms with van der Waals surface area (Å²) in [6, 6.07) is 1.67. The van der Waals surface area contributed by atoms with Crippen molar-refractivity contribution >= 4 is 0 Å². The minimum Gasteiger partial charge on any atom is -0.490 e. The molecule has 0 amide bonds. The molecule has 0 saturated carbocycles. The lowest BCUT2D eigenvalue weighted by Crippen LogP contribution is -2.27. The lowest BCUT2D eigenvalue weighted by Gasteiger charge is -2.14. The Balaban J connectivity index is 2.31. The first kappa shape index (κ1) is 20.9. The van der Waals surface area contributed by atoms with E-state index in [0.717, 1.165) is 25.7 Å². The van der Waals surface area contributed by atoms with Gasteiger partial charge in [0.15, 0.2) is 17.3 Å². The van der Waals surface area contributed by atoms with Gasteiger partial charge in [0.25, 0.3) is 0 Å². The summed E-state index contributed by atoms with van der Waals surface area (Å²) in [5, 5.41) is 25.0. The van der Waals surface area contributed by atoms with Gasteiger partial charge in [-0.3, -0.25) is 4.57 Å². The van der Waals surface area contributed by atoms with E-state index in [1.165, 1.54) is 4.57 Å². The van der Waals surface area contributed by atoms with Crippen LogP contribution in [-0.4, -0.2) is 55.9 Å². The van der Waals surface area contributed by atoms with Gasteiger partial charge in [0.05, 0.1) is 38.7 Å². The second kappa shape index (κ2) is 10.7. The molecule has 0 bridgehead atoms. The van der Waals surface area contributed by atoms with Gasteiger partial charge in [-0.05, 0) is 12.8 Å². The van der Waals surface area contributed by atoms with Crippen LogP contribution < -0.4 is 15.2 Å². The molecular formula is C18H28N4O5. The van der Waals surface area contributed by atoms with Gasteiger partial charge in [0.1, 0.15) is 5.69 Å². The molecule has 2 heterocycles. The average Bonchev–Trinajstić information content (AvgIpc) is 3.03. The predicted octanol–water partition coefficient (Wildman–Crippen LogP) is 1.34. The van der Waals surface area contributed by atoms with Gasteiger partial charge >= 0.3 is 5.69 Å². The molecule has 2 rings (SSSR count). The number of pyridine rings is 1. The molecule has 0 saturated heterocycles. The fourth-order valence-electron chi connectivity index (χ4n) is 2.37. The van der Waals surface area contributed by atoms with E-state index in [1.54, 1.807) is 12.3 Å². The van der Waals surface area contributed by atoms with E-state index in [1.807, 2.05) is 0 Å². The molecule has 0 aliphatic heterocycles. The molecule has 2 aromatic rings. The lowest BCUT2D eigenvalue weighted by molar-refractivity contribution is 0.0807. The summed E-state index contributed by atoms with van der Waals surface area (Å²) >= 11 is 0. The zero-order valence-corrected chi connectivity index (χ0v) is 15.8. The highest BCUT2D eigenvalue weighted by Crippen LogP contribution is 2.30. The van der Waals surface area contributed by atoms with Crippen LogP contribution >= 0.6 is 0 Å². The first-order valence-electron chi connectivity index (χ1n) is 9.30. The third-order valence-corrected chi connectivity index (χ3v) is 3.93. The number of H-pyrrole nitrogens is 1. The van der Waals surface area contributed by atoms with Gasteiger partial charge in [0, 0.05) is 6.07 Å². The van der Waals surface area contributed by atoms with Gasteiger partial charge in [-0.2, -0.15) is 5.10 Å². The van der Waals surface area contributed by atoms with Crippen molar-refractivity contribution in [2.45, 2.75) is 52.2 Å². The van der Waals surface area contributed by atoms with Crippen molar-refractivity contribution in [1.82, 2.24) is 19.7 Å². The summed E-state index contributed by atoms with van der Waals surface area (Å²) in [4.78, 5) is 16.3. The van der Waals surface area contributed by atoms with Gasteiger partial charge in [-0.25, -0.2) is 14.9 Å². The molecule has 0 radical (unpaired) electrons. The molecule has 0 aliphatic carbocycles. The Morgan fingerprint density at radius 3 is 2.48 bits per heavy atom. The molecule has 9 heteroatoms. The SMILES string of the molecule is CCCCOc1cnc(-c2n[nH]c(=O)n2C[C@@H](O)CO)cc1OCCCC. The van der Waals surface area contributed by atoms with Crippen molar-refractivity contribution in [3.8, 4) is 23.0 Å². The van der Waals surface area contributed by atoms with Crippen LogP contribution in [0.2, 0.25) is 0 Å². The molecule has 0 spiro atoms. The number of unbranched alkanes of at least 4 members (excludes halogenated alkanes) is 2. The van der Waals surface area contributed by atoms with Crippen molar-refractivity contribution in [2.24, 2.45) is 0 Å². The predicted molar refractivity (Wildman–Crippen MR) is 100.0 cm³/mol. The number of hydrogen-bond donors (Lipinski definition) is 3. The Morgan fingerprint density at radius 1 is 1.19 bits per heavy atom. The van der Waals surface area contributed by atoms with Gasteiger partial charge in [-0.1, -0.05) is 26.7 Å². The standard InChI is InChI=1S/C18H28N4O5/c1-3-5-7-26-15-9-14(19-10-16(15)27-8-6-4-2)17-20-21-18(25)22(17)11-13(24)12-23/h9-10,13,23-24H,3-8,11-12H2,1-2H3,(H,21,25)/t13-/m1/s1. The average molecular weight is 380 g/mol. The van der Waals surface area contributed by atoms with Crippen molar-refractivity contribution in [3.63, 3.8) is 0 Å². The maximum Gasteiger partial charge on any atom is 0.343 e. The normalized spacial score (nSPS) is 12.1. The lowest BCUT2D eigenvalue weighted by atomic mass is 10.3. The number of nitrogens with zero attached hydrogens (tertiary/aromatic N) is 3. The van der Waals surface area contributed by atoms with Crippen LogP contribution in [-0.2, 0) is 6.54 Å². The first-order valence-corrected chi connectivity index (χ1v) is 9.30. The molecule has 2 aromatic heterocycles. The van der Waals surface area contributed by atoms with Crippen LogP contribution in [0, 0.1) is 0 Å². The van der Waals surface area contributed by atoms with E-state index in [4.69, 9.17) is 14.6 Å². The Morgan fingerprint density at radius 2 is 1.85 bits per heavy atom. The highest BCUT2D eigenvalue weighted by Gasteiger charge is 2.17. The number of ether oxygens (including phenoxy) is 2. The van der Waals surface area contributed by atoms with E-state index in [0.29, 0.717) is 30.4 Å². The van der Waals surface area contributed by atoms with Crippen molar-refractivity contribution in [3.05, 3.63) is 22.7 Å². The van der Waals surface area contributed by atoms with Gasteiger partial charge in [0.2, 0.25) is 0 Å². The van der Waals surface area contributed by atoms with E-state index in [-0.39, 0.29) is 12.4 Å². The van der Waals surface area contributed by atoms with Crippen molar-refractivity contribution in [1.29, 1.82) is 0 Å². The summed E-state index contributed by atoms with van der Waals surface area (Å²) in [6.45, 7) is 4.72. The number of aromatic nitrogens is 4. The molecule has 1 atom stereocenters. The van der Waals surface area contributed by atoms with Crippen LogP contribution in [0.5, 0.6) is 11.5 Å². The highest BCUT2D eigenvalue weighted by atomic mass is 16.5. The monoisotopic (exact) mass is 380 g/mol. The van der Waals surface area contributed by atoms with Gasteiger partial charge in [-0.15, -0.1) is 0 Å². The molecule has 0 aliphatic rings. The first-order chi connectivity index (χ1) is 13.1. The Kier molecular flexibility index (Phi) is 8.28. The van der Waals surface area contributed by atoms with Crippen molar-refractivity contribution in [2.75, 3.05) is 19.8 Å². The van der Waals surface area contributed by atoms with Crippen LogP contribution in [0.15, 0.2) is 17.1 Å². The summed E-state index contributed by atoms with van der Waals surface area (Å²) in [6.07, 6.45) is 4.33. The second-order valence-electron chi connectivity index (χ2n) is 6.22. The topological polar surface area (TPSA) is 122 Å². The molecule has 3 N–H and O–H groups in total. The highest BCUT2D eigenvalue weighted by molar-refractivity contribution is 5.55. The Bertz CT molecular complexity index is 758. The number of rotatable bonds is 12. The number of nitrogens with one attached hydrogen (secondary N) is 1. The minimum absolute atomic E-state index is 0.0936. The fourth-order valence-corrected chi connectivity index (χ4v) is 2.37. The Labute approximate surface area is 158 Å². The number of aliphatic hydroxyl groups excluding tert-OH is 2. The van der Waals surface area contributed by atoms with E-state index >= 15 is 0 Å². The summed E-state index contributed by atoms with van der Waals surface area (Å²) in [5.74, 6) is 1.34. The van der Waals surface area contributed by atoms with Crippen LogP contribution in [0.1, 0.15) is 39.5 Å². The third-order valence-electron chi connectivity index (χ3n) is 3.93. The van der Waals surface area contributed by atoms with E-state index in [2.05, 4.69) is 29.0 Å². The minimum atomic E-state index is -1.07. The fraction of sp³-hybridized carbons (Fsp3) is 0.611. The van der Waals surface area contributed by atoms with Crippen LogP contribution in [0.25, 0.3) is 11.5 Å². The van der Waals surface area contributed by atoms with Crippen molar-refractivity contribution < 1.29 is 19.7 Å². The summed E-state index contributed by atoms with van der Waals surface area (Å²) < 4.78 is 12.8. The number of hydrogen-bond acceptors (Lipinski definition) is 7. The molecule has 150 valence electrons. The molecule has 0 fully saturated rings. The maximum absolute atomic E-state index is 12.0. The molecule has 9 nitrogen and oxygen atoms in total. The Hall–Kier alpha value is -2.39. The summed E-state index contributed by atoms with van der Waals surface area (Å²) in [7, 11) is 0. The number of aromatic amines is 1. The smallest absolute Gasteiger partial charge is 0.343 e. The van der Waals surface area contributed by atoms with Crippen LogP contribution in [0.3, 0.4) is 0 Å². The number of aliphatic hydroxyl groups is 2. The molecule has 27 heavy (non-hydrogen) atoms. The molecule has 0 unspecified atom stereocenters. The second-order valence-corrected chi connectivity index (χ2v) is 6.22. The van der Waals surface area contributed by atoms with E-state index in [9.17, 15) is 9.90 Å². The van der Waals surface area contributed by atoms with Gasteiger partial charge < -0.3 is 19.7 Å². The van der Waals surface area contributed by atoms with E-state index < -0.39 is 18.4 Å². The zero-order valence-electron chi connectivity index (χ0n) is 15.8. The van der Waals surface area contributed by atoms with Crippen LogP contribution in [0.4, 0.5) is 0 Å². The molecular weight excluding hydrogens is 352 g/mol. The largest absolute Gasteiger partial charge is 0.490 e. The molecule has 0 aromatic carbocycles.